The molecule has 1 heterocycles. The third kappa shape index (κ3) is 2.45. The Balaban J connectivity index is 1.51. The van der Waals surface area contributed by atoms with Gasteiger partial charge in [-0.2, -0.15) is 0 Å². The molecule has 0 unspecified atom stereocenters. The van der Waals surface area contributed by atoms with Crippen molar-refractivity contribution < 1.29 is 9.53 Å². The van der Waals surface area contributed by atoms with Crippen LogP contribution >= 0.6 is 0 Å². The smallest absolute Gasteiger partial charge is 0.249 e. The summed E-state index contributed by atoms with van der Waals surface area (Å²) in [6.07, 6.45) is 6.92. The first-order valence-corrected chi connectivity index (χ1v) is 8.81. The SMILES string of the molecule is O=C(N[C@H]1[C@@H]2CCCC[C@@H]2[C@@H]1c1ccccc1)[C@@H]1CCCO1. The predicted molar refractivity (Wildman–Crippen MR) is 85.5 cm³/mol. The number of fused-ring (bicyclic) bond motifs is 1. The minimum absolute atomic E-state index is 0.118. The fourth-order valence-corrected chi connectivity index (χ4v) is 4.84. The Morgan fingerprint density at radius 3 is 2.50 bits per heavy atom. The highest BCUT2D eigenvalue weighted by Crippen LogP contribution is 2.54. The van der Waals surface area contributed by atoms with Crippen LogP contribution in [-0.2, 0) is 9.53 Å². The lowest BCUT2D eigenvalue weighted by molar-refractivity contribution is -0.133. The zero-order chi connectivity index (χ0) is 14.9. The summed E-state index contributed by atoms with van der Waals surface area (Å²) < 4.78 is 5.55. The van der Waals surface area contributed by atoms with Crippen LogP contribution in [0.15, 0.2) is 30.3 Å². The van der Waals surface area contributed by atoms with Crippen molar-refractivity contribution in [3.63, 3.8) is 0 Å². The molecule has 1 amide bonds. The fourth-order valence-electron chi connectivity index (χ4n) is 4.84. The summed E-state index contributed by atoms with van der Waals surface area (Å²) in [5, 5.41) is 3.34. The molecule has 0 bridgehead atoms. The van der Waals surface area contributed by atoms with E-state index in [1.807, 2.05) is 0 Å². The normalized spacial score (nSPS) is 37.2. The molecule has 3 heteroatoms. The predicted octanol–water partition coefficient (Wildman–Crippen LogP) is 3.25. The van der Waals surface area contributed by atoms with E-state index in [0.29, 0.717) is 17.9 Å². The number of carbonyl (C=O) groups excluding carboxylic acids is 1. The van der Waals surface area contributed by atoms with Gasteiger partial charge >= 0.3 is 0 Å². The van der Waals surface area contributed by atoms with Gasteiger partial charge in [-0.05, 0) is 43.1 Å². The van der Waals surface area contributed by atoms with Crippen molar-refractivity contribution in [2.45, 2.75) is 56.6 Å². The third-order valence-electron chi connectivity index (χ3n) is 5.90. The van der Waals surface area contributed by atoms with Gasteiger partial charge in [-0.1, -0.05) is 43.2 Å². The van der Waals surface area contributed by atoms with Crippen LogP contribution < -0.4 is 5.32 Å². The first-order chi connectivity index (χ1) is 10.8. The van der Waals surface area contributed by atoms with Crippen molar-refractivity contribution in [2.24, 2.45) is 11.8 Å². The molecule has 1 saturated heterocycles. The van der Waals surface area contributed by atoms with Gasteiger partial charge in [0.05, 0.1) is 0 Å². The molecule has 2 saturated carbocycles. The number of amides is 1. The molecule has 1 N–H and O–H groups in total. The molecule has 118 valence electrons. The summed E-state index contributed by atoms with van der Waals surface area (Å²) in [6, 6.07) is 11.1. The second-order valence-corrected chi connectivity index (χ2v) is 7.08. The molecule has 0 spiro atoms. The van der Waals surface area contributed by atoms with Gasteiger partial charge in [-0.25, -0.2) is 0 Å². The Morgan fingerprint density at radius 1 is 1.00 bits per heavy atom. The van der Waals surface area contributed by atoms with Crippen molar-refractivity contribution in [2.75, 3.05) is 6.61 Å². The van der Waals surface area contributed by atoms with E-state index in [2.05, 4.69) is 35.6 Å². The number of carbonyl (C=O) groups is 1. The van der Waals surface area contributed by atoms with Crippen LogP contribution in [0.2, 0.25) is 0 Å². The Morgan fingerprint density at radius 2 is 1.77 bits per heavy atom. The monoisotopic (exact) mass is 299 g/mol. The molecule has 1 aromatic rings. The van der Waals surface area contributed by atoms with E-state index in [9.17, 15) is 4.79 Å². The number of hydrogen-bond donors (Lipinski definition) is 1. The number of hydrogen-bond acceptors (Lipinski definition) is 2. The van der Waals surface area contributed by atoms with Gasteiger partial charge in [-0.3, -0.25) is 4.79 Å². The van der Waals surface area contributed by atoms with Gasteiger partial charge in [0.15, 0.2) is 0 Å². The Hall–Kier alpha value is -1.35. The lowest BCUT2D eigenvalue weighted by atomic mass is 9.53. The van der Waals surface area contributed by atoms with E-state index in [-0.39, 0.29) is 12.0 Å². The molecule has 0 radical (unpaired) electrons. The Bertz CT molecular complexity index is 523. The maximum atomic E-state index is 12.5. The van der Waals surface area contributed by atoms with Gasteiger partial charge in [0.2, 0.25) is 5.91 Å². The van der Waals surface area contributed by atoms with E-state index in [0.717, 1.165) is 25.4 Å². The molecule has 22 heavy (non-hydrogen) atoms. The van der Waals surface area contributed by atoms with Gasteiger partial charge in [0.1, 0.15) is 6.10 Å². The summed E-state index contributed by atoms with van der Waals surface area (Å²) in [6.45, 7) is 0.733. The second kappa shape index (κ2) is 6.04. The Labute approximate surface area is 132 Å². The van der Waals surface area contributed by atoms with Gasteiger partial charge in [0.25, 0.3) is 0 Å². The zero-order valence-corrected chi connectivity index (χ0v) is 13.0. The molecule has 1 aliphatic heterocycles. The highest BCUT2D eigenvalue weighted by Gasteiger charge is 2.52. The maximum absolute atomic E-state index is 12.5. The average Bonchev–Trinajstić information content (AvgIpc) is 3.08. The molecule has 0 aromatic heterocycles. The van der Waals surface area contributed by atoms with Gasteiger partial charge in [-0.15, -0.1) is 0 Å². The van der Waals surface area contributed by atoms with E-state index < -0.39 is 0 Å². The van der Waals surface area contributed by atoms with Crippen LogP contribution in [0.1, 0.15) is 50.0 Å². The van der Waals surface area contributed by atoms with E-state index in [4.69, 9.17) is 4.74 Å². The van der Waals surface area contributed by atoms with Gasteiger partial charge < -0.3 is 10.1 Å². The second-order valence-electron chi connectivity index (χ2n) is 7.08. The van der Waals surface area contributed by atoms with E-state index in [1.165, 1.54) is 31.2 Å². The number of rotatable bonds is 3. The quantitative estimate of drug-likeness (QED) is 0.930. The van der Waals surface area contributed by atoms with Crippen molar-refractivity contribution in [1.82, 2.24) is 5.32 Å². The fraction of sp³-hybridized carbons (Fsp3) is 0.632. The molecule has 3 fully saturated rings. The molecule has 2 aliphatic carbocycles. The van der Waals surface area contributed by atoms with Crippen molar-refractivity contribution >= 4 is 5.91 Å². The minimum atomic E-state index is -0.209. The molecular formula is C19H25NO2. The molecule has 3 nitrogen and oxygen atoms in total. The lowest BCUT2D eigenvalue weighted by Crippen LogP contribution is -2.60. The topological polar surface area (TPSA) is 38.3 Å². The van der Waals surface area contributed by atoms with Crippen LogP contribution in [0, 0.1) is 11.8 Å². The van der Waals surface area contributed by atoms with E-state index in [1.54, 1.807) is 0 Å². The van der Waals surface area contributed by atoms with Crippen LogP contribution in [0.5, 0.6) is 0 Å². The largest absolute Gasteiger partial charge is 0.368 e. The molecule has 1 aromatic carbocycles. The lowest BCUT2D eigenvalue weighted by Gasteiger charge is -2.55. The van der Waals surface area contributed by atoms with Crippen molar-refractivity contribution in [3.8, 4) is 0 Å². The highest BCUT2D eigenvalue weighted by atomic mass is 16.5. The van der Waals surface area contributed by atoms with Crippen molar-refractivity contribution in [3.05, 3.63) is 35.9 Å². The maximum Gasteiger partial charge on any atom is 0.249 e. The first kappa shape index (κ1) is 14.3. The van der Waals surface area contributed by atoms with Crippen LogP contribution in [0.25, 0.3) is 0 Å². The third-order valence-corrected chi connectivity index (χ3v) is 5.90. The van der Waals surface area contributed by atoms with Crippen LogP contribution in [0.4, 0.5) is 0 Å². The minimum Gasteiger partial charge on any atom is -0.368 e. The summed E-state index contributed by atoms with van der Waals surface area (Å²) in [5.74, 6) is 2.04. The average molecular weight is 299 g/mol. The molecule has 3 aliphatic rings. The molecule has 4 rings (SSSR count). The first-order valence-electron chi connectivity index (χ1n) is 8.81. The number of ether oxygens (including phenoxy) is 1. The van der Waals surface area contributed by atoms with Crippen LogP contribution in [-0.4, -0.2) is 24.7 Å². The molecule has 5 atom stereocenters. The van der Waals surface area contributed by atoms with Gasteiger partial charge in [0, 0.05) is 18.6 Å². The number of nitrogens with one attached hydrogen (secondary N) is 1. The highest BCUT2D eigenvalue weighted by molar-refractivity contribution is 5.81. The summed E-state index contributed by atoms with van der Waals surface area (Å²) >= 11 is 0. The summed E-state index contributed by atoms with van der Waals surface area (Å²) in [5.41, 5.74) is 1.39. The molecular weight excluding hydrogens is 274 g/mol. The Kier molecular flexibility index (Phi) is 3.91. The summed E-state index contributed by atoms with van der Waals surface area (Å²) in [4.78, 5) is 12.5. The number of benzene rings is 1. The zero-order valence-electron chi connectivity index (χ0n) is 13.0. The van der Waals surface area contributed by atoms with Crippen molar-refractivity contribution in [1.29, 1.82) is 0 Å². The summed E-state index contributed by atoms with van der Waals surface area (Å²) in [7, 11) is 0. The van der Waals surface area contributed by atoms with E-state index >= 15 is 0 Å². The standard InChI is InChI=1S/C19H25NO2/c21-19(16-11-6-12-22-16)20-18-15-10-5-4-9-14(15)17(18)13-7-2-1-3-8-13/h1-3,7-8,14-18H,4-6,9-12H2,(H,20,21)/t14-,15+,16-,17-,18-/m0/s1. The van der Waals surface area contributed by atoms with Crippen LogP contribution in [0.3, 0.4) is 0 Å².